The Balaban J connectivity index is 2.36. The number of allylic oxidation sites excluding steroid dienone is 1. The number of hydrogen-bond acceptors (Lipinski definition) is 6. The summed E-state index contributed by atoms with van der Waals surface area (Å²) >= 11 is 0. The number of pyridine rings is 1. The number of aromatic nitrogens is 1. The van der Waals surface area contributed by atoms with Crippen LogP contribution in [0.5, 0.6) is 11.6 Å². The average molecular weight is 383 g/mol. The molecule has 1 atom stereocenters. The van der Waals surface area contributed by atoms with Gasteiger partial charge in [0.1, 0.15) is 5.75 Å². The molecule has 7 nitrogen and oxygen atoms in total. The van der Waals surface area contributed by atoms with Crippen molar-refractivity contribution in [2.24, 2.45) is 5.73 Å². The quantitative estimate of drug-likeness (QED) is 0.821. The van der Waals surface area contributed by atoms with Crippen molar-refractivity contribution in [2.75, 3.05) is 19.0 Å². The van der Waals surface area contributed by atoms with E-state index in [0.717, 1.165) is 0 Å². The number of nitriles is 1. The molecule has 0 saturated carbocycles. The maximum absolute atomic E-state index is 12.5. The molecular formula is C21H22N4O3. The molecule has 3 N–H and O–H groups in total. The van der Waals surface area contributed by atoms with E-state index in [-0.39, 0.29) is 22.8 Å². The highest BCUT2D eigenvalue weighted by atomic mass is 16.5. The van der Waals surface area contributed by atoms with Crippen LogP contribution in [0, 0.1) is 18.3 Å². The van der Waals surface area contributed by atoms with Gasteiger partial charge in [0, 0.05) is 27.1 Å². The summed E-state index contributed by atoms with van der Waals surface area (Å²) in [5.41, 5.74) is 8.42. The van der Waals surface area contributed by atoms with Gasteiger partial charge in [0.25, 0.3) is 0 Å². The molecule has 0 fully saturated rings. The Hall–Kier alpha value is -3.53. The second kappa shape index (κ2) is 7.61. The van der Waals surface area contributed by atoms with Gasteiger partial charge in [-0.3, -0.25) is 4.79 Å². The third kappa shape index (κ3) is 3.14. The summed E-state index contributed by atoms with van der Waals surface area (Å²) in [6, 6.07) is 6.65. The van der Waals surface area contributed by atoms with Gasteiger partial charge in [0.05, 0.1) is 45.2 Å². The van der Waals surface area contributed by atoms with Crippen LogP contribution in [0.4, 0.5) is 5.69 Å². The van der Waals surface area contributed by atoms with Gasteiger partial charge >= 0.3 is 0 Å². The number of methoxy groups -OCH3 is 1. The van der Waals surface area contributed by atoms with Gasteiger partial charge in [-0.15, -0.1) is 0 Å². The molecule has 0 unspecified atom stereocenters. The Labute approximate surface area is 170 Å². The third-order valence-corrected chi connectivity index (χ3v) is 4.65. The fourth-order valence-corrected chi connectivity index (χ4v) is 3.45. The number of aryl methyl sites for hydroxylation is 1. The number of carbonyl (C=O) groups excluding carboxylic acids is 1. The average Bonchev–Trinajstić information content (AvgIpc) is 2.73. The van der Waals surface area contributed by atoms with Crippen LogP contribution in [-0.2, 0) is 4.79 Å². The maximum atomic E-state index is 12.5. The Morgan fingerprint density at radius 1 is 1.50 bits per heavy atom. The molecule has 0 bridgehead atoms. The van der Waals surface area contributed by atoms with Crippen LogP contribution < -0.4 is 20.5 Å². The van der Waals surface area contributed by atoms with Crippen molar-refractivity contribution in [3.63, 3.8) is 0 Å². The second-order valence-electron chi connectivity index (χ2n) is 6.27. The van der Waals surface area contributed by atoms with Gasteiger partial charge in [0.15, 0.2) is 0 Å². The summed E-state index contributed by atoms with van der Waals surface area (Å²) in [5, 5.41) is 12.3. The van der Waals surface area contributed by atoms with E-state index in [4.69, 9.17) is 22.1 Å². The van der Waals surface area contributed by atoms with Crippen molar-refractivity contribution in [3.8, 4) is 17.7 Å². The van der Waals surface area contributed by atoms with E-state index >= 15 is 0 Å². The lowest BCUT2D eigenvalue weighted by atomic mass is 9.79. The lowest BCUT2D eigenvalue weighted by Crippen LogP contribution is -2.28. The minimum atomic E-state index is -3.10. The van der Waals surface area contributed by atoms with Gasteiger partial charge in [-0.2, -0.15) is 5.26 Å². The van der Waals surface area contributed by atoms with E-state index in [1.165, 1.54) is 19.4 Å². The Kier molecular flexibility index (Phi) is 3.70. The molecule has 144 valence electrons. The number of nitrogens with one attached hydrogen (secondary N) is 1. The highest BCUT2D eigenvalue weighted by molar-refractivity contribution is 5.98. The molecule has 0 spiro atoms. The van der Waals surface area contributed by atoms with Gasteiger partial charge < -0.3 is 20.5 Å². The highest BCUT2D eigenvalue weighted by Crippen LogP contribution is 2.48. The molecule has 1 aromatic heterocycles. The van der Waals surface area contributed by atoms with Crippen LogP contribution in [0.1, 0.15) is 48.8 Å². The number of rotatable bonds is 5. The summed E-state index contributed by atoms with van der Waals surface area (Å²) in [6.45, 7) is -2.76. The first-order valence-corrected chi connectivity index (χ1v) is 8.36. The van der Waals surface area contributed by atoms with E-state index in [1.807, 2.05) is 6.07 Å². The molecule has 1 aliphatic heterocycles. The van der Waals surface area contributed by atoms with E-state index in [0.29, 0.717) is 28.1 Å². The van der Waals surface area contributed by atoms with Crippen molar-refractivity contribution < 1.29 is 21.1 Å². The summed E-state index contributed by atoms with van der Waals surface area (Å²) in [7, 11) is 1.40. The Bertz CT molecular complexity index is 1200. The molecule has 0 radical (unpaired) electrons. The van der Waals surface area contributed by atoms with E-state index in [1.54, 1.807) is 26.0 Å². The minimum Gasteiger partial charge on any atom is -0.496 e. The largest absolute Gasteiger partial charge is 0.496 e. The topological polar surface area (TPSA) is 110 Å². The summed E-state index contributed by atoms with van der Waals surface area (Å²) in [4.78, 5) is 16.7. The number of anilines is 1. The van der Waals surface area contributed by atoms with Crippen LogP contribution >= 0.6 is 0 Å². The van der Waals surface area contributed by atoms with Crippen molar-refractivity contribution in [3.05, 3.63) is 57.9 Å². The standard InChI is InChI=1S/C21H22N4O3/c1-5-28-21-18-17(14-7-6-13(9-22)8-15(14)27-4)16(20(23)26)12(3)25-19(18)11(2)10-24-21/h6-8,10,17,25H,5H2,1-4H3,(H2,23,26)/t17-/m1/s1/i1D3,5D2. The maximum Gasteiger partial charge on any atom is 0.247 e. The normalized spacial score (nSPS) is 18.9. The van der Waals surface area contributed by atoms with Gasteiger partial charge in [-0.1, -0.05) is 6.07 Å². The Morgan fingerprint density at radius 3 is 2.93 bits per heavy atom. The molecule has 0 aliphatic carbocycles. The second-order valence-corrected chi connectivity index (χ2v) is 6.27. The lowest BCUT2D eigenvalue weighted by molar-refractivity contribution is -0.114. The molecule has 2 aromatic rings. The van der Waals surface area contributed by atoms with E-state index < -0.39 is 25.2 Å². The number of primary amides is 1. The third-order valence-electron chi connectivity index (χ3n) is 4.65. The van der Waals surface area contributed by atoms with Crippen LogP contribution in [-0.4, -0.2) is 24.6 Å². The van der Waals surface area contributed by atoms with E-state index in [9.17, 15) is 10.1 Å². The van der Waals surface area contributed by atoms with Crippen molar-refractivity contribution in [1.82, 2.24) is 4.98 Å². The molecule has 7 heteroatoms. The Morgan fingerprint density at radius 2 is 2.29 bits per heavy atom. The van der Waals surface area contributed by atoms with Gasteiger partial charge in [-0.25, -0.2) is 4.98 Å². The van der Waals surface area contributed by atoms with Crippen molar-refractivity contribution >= 4 is 11.6 Å². The number of nitrogens with zero attached hydrogens (tertiary/aromatic N) is 2. The zero-order chi connectivity index (χ0) is 24.7. The molecule has 0 saturated heterocycles. The predicted octanol–water partition coefficient (Wildman–Crippen LogP) is 2.99. The number of amides is 1. The number of hydrogen-bond donors (Lipinski definition) is 2. The smallest absolute Gasteiger partial charge is 0.247 e. The molecule has 3 rings (SSSR count). The first-order chi connectivity index (χ1) is 15.3. The van der Waals surface area contributed by atoms with Crippen LogP contribution in [0.2, 0.25) is 0 Å². The fourth-order valence-electron chi connectivity index (χ4n) is 3.45. The van der Waals surface area contributed by atoms with E-state index in [2.05, 4.69) is 10.3 Å². The van der Waals surface area contributed by atoms with Crippen molar-refractivity contribution in [2.45, 2.75) is 26.6 Å². The minimum absolute atomic E-state index is 0.136. The first-order valence-electron chi connectivity index (χ1n) is 10.9. The van der Waals surface area contributed by atoms with Gasteiger partial charge in [0.2, 0.25) is 11.8 Å². The number of nitrogens with two attached hydrogens (primary N) is 1. The molecule has 2 heterocycles. The monoisotopic (exact) mass is 383 g/mol. The molecular weight excluding hydrogens is 356 g/mol. The lowest BCUT2D eigenvalue weighted by Gasteiger charge is -2.32. The molecule has 1 amide bonds. The van der Waals surface area contributed by atoms with Gasteiger partial charge in [-0.05, 0) is 38.4 Å². The summed E-state index contributed by atoms with van der Waals surface area (Å²) < 4.78 is 49.1. The number of fused-ring (bicyclic) bond motifs is 1. The number of ether oxygens (including phenoxy) is 2. The summed E-state index contributed by atoms with van der Waals surface area (Å²) in [6.07, 6.45) is 1.41. The first kappa shape index (κ1) is 13.6. The fraction of sp³-hybridized carbons (Fsp3) is 0.286. The predicted molar refractivity (Wildman–Crippen MR) is 105 cm³/mol. The zero-order valence-corrected chi connectivity index (χ0v) is 15.6. The van der Waals surface area contributed by atoms with Crippen LogP contribution in [0.15, 0.2) is 35.7 Å². The highest BCUT2D eigenvalue weighted by Gasteiger charge is 2.36. The zero-order valence-electron chi connectivity index (χ0n) is 20.6. The summed E-state index contributed by atoms with van der Waals surface area (Å²) in [5.74, 6) is -1.72. The molecule has 1 aliphatic rings. The van der Waals surface area contributed by atoms with Crippen molar-refractivity contribution in [1.29, 1.82) is 5.26 Å². The molecule has 1 aromatic carbocycles. The molecule has 28 heavy (non-hydrogen) atoms. The SMILES string of the molecule is [2H]C([2H])([2H])C([2H])([2H])Oc1ncc(C)c2c1[C@H](c1ccc(C#N)cc1OC)C(C(N)=O)=C(C)N2. The van der Waals surface area contributed by atoms with Crippen LogP contribution in [0.3, 0.4) is 0 Å². The van der Waals surface area contributed by atoms with Crippen LogP contribution in [0.25, 0.3) is 0 Å². The number of benzene rings is 1. The number of carbonyl (C=O) groups is 1.